The van der Waals surface area contributed by atoms with Gasteiger partial charge in [0.1, 0.15) is 5.78 Å². The summed E-state index contributed by atoms with van der Waals surface area (Å²) in [4.78, 5) is 40.3. The molecule has 1 aliphatic rings. The molecule has 31 heavy (non-hydrogen) atoms. The van der Waals surface area contributed by atoms with Gasteiger partial charge in [-0.2, -0.15) is 0 Å². The van der Waals surface area contributed by atoms with Crippen LogP contribution in [0.1, 0.15) is 45.5 Å². The van der Waals surface area contributed by atoms with E-state index in [1.54, 1.807) is 54.6 Å². The van der Waals surface area contributed by atoms with Crippen LogP contribution in [0.4, 0.5) is 0 Å². The largest absolute Gasteiger partial charge is 0.389 e. The first kappa shape index (κ1) is 20.9. The van der Waals surface area contributed by atoms with Crippen LogP contribution in [0, 0.1) is 11.8 Å². The van der Waals surface area contributed by atoms with Crippen LogP contribution >= 0.6 is 0 Å². The third-order valence-electron chi connectivity index (χ3n) is 6.13. The van der Waals surface area contributed by atoms with Gasteiger partial charge < -0.3 is 5.11 Å². The summed E-state index contributed by atoms with van der Waals surface area (Å²) >= 11 is 0. The molecule has 3 aromatic carbocycles. The predicted octanol–water partition coefficient (Wildman–Crippen LogP) is 4.49. The van der Waals surface area contributed by atoms with Gasteiger partial charge in [0.05, 0.1) is 17.4 Å². The molecular formula is C27H24O4. The normalized spacial score (nSPS) is 25.7. The van der Waals surface area contributed by atoms with Gasteiger partial charge in [0, 0.05) is 23.5 Å². The molecule has 0 bridgehead atoms. The second-order valence-corrected chi connectivity index (χ2v) is 8.35. The number of aliphatic hydroxyl groups is 1. The first-order valence-corrected chi connectivity index (χ1v) is 10.4. The molecule has 1 saturated carbocycles. The van der Waals surface area contributed by atoms with Crippen molar-refractivity contribution < 1.29 is 19.5 Å². The second-order valence-electron chi connectivity index (χ2n) is 8.35. The van der Waals surface area contributed by atoms with Gasteiger partial charge in [-0.15, -0.1) is 0 Å². The Morgan fingerprint density at radius 1 is 0.774 bits per heavy atom. The minimum atomic E-state index is -1.57. The third-order valence-corrected chi connectivity index (χ3v) is 6.13. The molecule has 0 unspecified atom stereocenters. The Hall–Kier alpha value is -3.37. The lowest BCUT2D eigenvalue weighted by molar-refractivity contribution is -0.134. The third kappa shape index (κ3) is 3.99. The summed E-state index contributed by atoms with van der Waals surface area (Å²) in [6, 6.07) is 26.5. The molecule has 1 aliphatic carbocycles. The van der Waals surface area contributed by atoms with Crippen molar-refractivity contribution in [2.75, 3.05) is 0 Å². The van der Waals surface area contributed by atoms with Gasteiger partial charge in [0.15, 0.2) is 11.6 Å². The lowest BCUT2D eigenvalue weighted by atomic mass is 9.58. The number of carbonyl (C=O) groups excluding carboxylic acids is 3. The van der Waals surface area contributed by atoms with E-state index in [1.807, 2.05) is 36.4 Å². The number of rotatable bonds is 5. The molecule has 0 amide bonds. The first-order valence-electron chi connectivity index (χ1n) is 10.4. The molecule has 4 rings (SSSR count). The first-order chi connectivity index (χ1) is 14.9. The lowest BCUT2D eigenvalue weighted by Gasteiger charge is -2.45. The van der Waals surface area contributed by atoms with Crippen LogP contribution in [0.3, 0.4) is 0 Å². The predicted molar refractivity (Wildman–Crippen MR) is 118 cm³/mol. The maximum absolute atomic E-state index is 13.6. The molecule has 4 atom stereocenters. The summed E-state index contributed by atoms with van der Waals surface area (Å²) < 4.78 is 0. The van der Waals surface area contributed by atoms with E-state index in [0.717, 1.165) is 0 Å². The maximum atomic E-state index is 13.6. The van der Waals surface area contributed by atoms with Crippen molar-refractivity contribution in [3.8, 4) is 0 Å². The smallest absolute Gasteiger partial charge is 0.173 e. The Labute approximate surface area is 181 Å². The summed E-state index contributed by atoms with van der Waals surface area (Å²) in [7, 11) is 0. The zero-order valence-electron chi connectivity index (χ0n) is 17.3. The molecule has 0 aliphatic heterocycles. The molecule has 0 aromatic heterocycles. The highest BCUT2D eigenvalue weighted by atomic mass is 16.3. The van der Waals surface area contributed by atoms with Crippen molar-refractivity contribution in [1.29, 1.82) is 0 Å². The second kappa shape index (κ2) is 8.40. The van der Waals surface area contributed by atoms with Crippen LogP contribution in [-0.2, 0) is 4.79 Å². The van der Waals surface area contributed by atoms with Gasteiger partial charge in [-0.05, 0) is 12.5 Å². The van der Waals surface area contributed by atoms with Crippen LogP contribution in [0.5, 0.6) is 0 Å². The van der Waals surface area contributed by atoms with E-state index in [1.165, 1.54) is 6.92 Å². The Morgan fingerprint density at radius 2 is 1.23 bits per heavy atom. The minimum Gasteiger partial charge on any atom is -0.389 e. The summed E-state index contributed by atoms with van der Waals surface area (Å²) in [6.07, 6.45) is -0.247. The molecule has 0 heterocycles. The average molecular weight is 412 g/mol. The Balaban J connectivity index is 1.87. The van der Waals surface area contributed by atoms with E-state index in [9.17, 15) is 19.5 Å². The SMILES string of the molecule is C[C@]1(O)CC(=O)[C@H](C(=O)c2ccccc2)[C@@H](c2ccccc2)[C@@H]1C(=O)c1ccccc1. The Morgan fingerprint density at radius 3 is 1.74 bits per heavy atom. The quantitative estimate of drug-likeness (QED) is 0.495. The number of ketones is 3. The van der Waals surface area contributed by atoms with Crippen LogP contribution in [0.25, 0.3) is 0 Å². The van der Waals surface area contributed by atoms with E-state index in [0.29, 0.717) is 16.7 Å². The van der Waals surface area contributed by atoms with Crippen molar-refractivity contribution in [3.63, 3.8) is 0 Å². The topological polar surface area (TPSA) is 71.4 Å². The molecule has 3 aromatic rings. The highest BCUT2D eigenvalue weighted by Crippen LogP contribution is 2.48. The van der Waals surface area contributed by atoms with Crippen molar-refractivity contribution in [2.45, 2.75) is 24.9 Å². The van der Waals surface area contributed by atoms with Crippen molar-refractivity contribution in [3.05, 3.63) is 108 Å². The van der Waals surface area contributed by atoms with Gasteiger partial charge >= 0.3 is 0 Å². The Bertz CT molecular complexity index is 1090. The van der Waals surface area contributed by atoms with Crippen LogP contribution in [0.2, 0.25) is 0 Å². The van der Waals surface area contributed by atoms with E-state index in [4.69, 9.17) is 0 Å². The highest BCUT2D eigenvalue weighted by Gasteiger charge is 2.55. The number of hydrogen-bond donors (Lipinski definition) is 1. The van der Waals surface area contributed by atoms with Crippen LogP contribution < -0.4 is 0 Å². The molecule has 1 N–H and O–H groups in total. The highest BCUT2D eigenvalue weighted by molar-refractivity contribution is 6.13. The maximum Gasteiger partial charge on any atom is 0.173 e. The number of Topliss-reactive ketones (excluding diaryl/α,β-unsaturated/α-hetero) is 3. The molecule has 0 saturated heterocycles. The lowest BCUT2D eigenvalue weighted by Crippen LogP contribution is -2.54. The fraction of sp³-hybridized carbons (Fsp3) is 0.222. The van der Waals surface area contributed by atoms with Gasteiger partial charge in [-0.25, -0.2) is 0 Å². The van der Waals surface area contributed by atoms with E-state index < -0.39 is 23.4 Å². The van der Waals surface area contributed by atoms with Crippen molar-refractivity contribution in [1.82, 2.24) is 0 Å². The number of carbonyl (C=O) groups is 3. The van der Waals surface area contributed by atoms with Gasteiger partial charge in [-0.1, -0.05) is 91.0 Å². The molecule has 4 heteroatoms. The van der Waals surface area contributed by atoms with E-state index in [2.05, 4.69) is 0 Å². The van der Waals surface area contributed by atoms with Gasteiger partial charge in [-0.3, -0.25) is 14.4 Å². The summed E-state index contributed by atoms with van der Waals surface area (Å²) in [5, 5.41) is 11.3. The van der Waals surface area contributed by atoms with Crippen LogP contribution in [-0.4, -0.2) is 28.1 Å². The molecule has 0 spiro atoms. The molecule has 0 radical (unpaired) electrons. The van der Waals surface area contributed by atoms with Crippen molar-refractivity contribution >= 4 is 17.3 Å². The summed E-state index contributed by atoms with van der Waals surface area (Å²) in [5.74, 6) is -3.67. The molecule has 4 nitrogen and oxygen atoms in total. The average Bonchev–Trinajstić information content (AvgIpc) is 2.79. The molecule has 1 fully saturated rings. The minimum absolute atomic E-state index is 0.247. The fourth-order valence-corrected chi connectivity index (χ4v) is 4.73. The standard InChI is InChI=1S/C27H24O4/c1-27(31)17-21(28)23(25(29)19-13-7-3-8-14-19)22(18-11-5-2-6-12-18)24(27)26(30)20-15-9-4-10-16-20/h2-16,22-24,31H,17H2,1H3/t22-,23+,24-,27+/m1/s1. The van der Waals surface area contributed by atoms with E-state index in [-0.39, 0.29) is 23.8 Å². The fourth-order valence-electron chi connectivity index (χ4n) is 4.73. The van der Waals surface area contributed by atoms with Crippen LogP contribution in [0.15, 0.2) is 91.0 Å². The van der Waals surface area contributed by atoms with Gasteiger partial charge in [0.25, 0.3) is 0 Å². The summed E-state index contributed by atoms with van der Waals surface area (Å²) in [6.45, 7) is 1.52. The van der Waals surface area contributed by atoms with Gasteiger partial charge in [0.2, 0.25) is 0 Å². The Kier molecular flexibility index (Phi) is 5.66. The van der Waals surface area contributed by atoms with E-state index >= 15 is 0 Å². The monoisotopic (exact) mass is 412 g/mol. The zero-order chi connectivity index (χ0) is 22.0. The van der Waals surface area contributed by atoms with Crippen molar-refractivity contribution in [2.24, 2.45) is 11.8 Å². The molecule has 156 valence electrons. The number of hydrogen-bond acceptors (Lipinski definition) is 4. The summed E-state index contributed by atoms with van der Waals surface area (Å²) in [5.41, 5.74) is 0.000395. The zero-order valence-corrected chi connectivity index (χ0v) is 17.3. The number of benzene rings is 3. The molecular weight excluding hydrogens is 388 g/mol.